The lowest BCUT2D eigenvalue weighted by atomic mass is 10.1. The molecule has 1 aliphatic rings. The molecule has 9 nitrogen and oxygen atoms in total. The van der Waals surface area contributed by atoms with Crippen LogP contribution in [-0.4, -0.2) is 57.5 Å². The maximum absolute atomic E-state index is 13.7. The van der Waals surface area contributed by atoms with Crippen LogP contribution in [0, 0.1) is 6.92 Å². The van der Waals surface area contributed by atoms with Crippen molar-refractivity contribution >= 4 is 35.0 Å². The molecule has 0 radical (unpaired) electrons. The Hall–Kier alpha value is -3.67. The molecule has 0 saturated carbocycles. The molecule has 1 aliphatic heterocycles. The van der Waals surface area contributed by atoms with Gasteiger partial charge in [-0.2, -0.15) is 18.2 Å². The monoisotopic (exact) mass is 478 g/mol. The molecule has 1 saturated heterocycles. The average Bonchev–Trinajstić information content (AvgIpc) is 2.79. The number of benzene rings is 1. The Kier molecular flexibility index (Phi) is 7.72. The SMILES string of the molecule is C=CC(=O)Nc1cc(C)ccc1Nc1nc(N[C@H]2CCCN(C(=O)CO)C2)ncc1C(F)(F)F. The normalized spacial score (nSPS) is 16.0. The predicted octanol–water partition coefficient (Wildman–Crippen LogP) is 3.07. The Morgan fingerprint density at radius 3 is 2.76 bits per heavy atom. The molecule has 2 aromatic rings. The second kappa shape index (κ2) is 10.5. The van der Waals surface area contributed by atoms with Gasteiger partial charge < -0.3 is 26.0 Å². The van der Waals surface area contributed by atoms with E-state index in [1.807, 2.05) is 0 Å². The first kappa shape index (κ1) is 25.0. The highest BCUT2D eigenvalue weighted by Crippen LogP contribution is 2.36. The summed E-state index contributed by atoms with van der Waals surface area (Å²) in [6.45, 7) is 5.30. The van der Waals surface area contributed by atoms with Crippen molar-refractivity contribution < 1.29 is 27.9 Å². The van der Waals surface area contributed by atoms with E-state index in [4.69, 9.17) is 5.11 Å². The third kappa shape index (κ3) is 6.22. The average molecular weight is 478 g/mol. The molecule has 1 aromatic heterocycles. The minimum absolute atomic E-state index is 0.0532. The van der Waals surface area contributed by atoms with E-state index < -0.39 is 36.0 Å². The number of aliphatic hydroxyl groups excluding tert-OH is 1. The molecule has 4 N–H and O–H groups in total. The van der Waals surface area contributed by atoms with Gasteiger partial charge in [0.25, 0.3) is 0 Å². The lowest BCUT2D eigenvalue weighted by Crippen LogP contribution is -2.46. The summed E-state index contributed by atoms with van der Waals surface area (Å²) in [5, 5.41) is 17.3. The van der Waals surface area contributed by atoms with Crippen LogP contribution >= 0.6 is 0 Å². The molecule has 182 valence electrons. The molecule has 0 bridgehead atoms. The van der Waals surface area contributed by atoms with E-state index in [2.05, 4.69) is 32.5 Å². The number of aromatic nitrogens is 2. The van der Waals surface area contributed by atoms with E-state index in [1.165, 1.54) is 11.0 Å². The van der Waals surface area contributed by atoms with Crippen LogP contribution in [0.2, 0.25) is 0 Å². The van der Waals surface area contributed by atoms with Crippen LogP contribution in [0.3, 0.4) is 0 Å². The van der Waals surface area contributed by atoms with Gasteiger partial charge in [-0.25, -0.2) is 4.98 Å². The zero-order valence-corrected chi connectivity index (χ0v) is 18.4. The second-order valence-corrected chi connectivity index (χ2v) is 7.80. The molecule has 1 atom stereocenters. The van der Waals surface area contributed by atoms with Gasteiger partial charge in [0.2, 0.25) is 17.8 Å². The first-order valence-corrected chi connectivity index (χ1v) is 10.5. The number of nitrogens with one attached hydrogen (secondary N) is 3. The number of rotatable bonds is 7. The van der Waals surface area contributed by atoms with Crippen molar-refractivity contribution in [2.75, 3.05) is 35.6 Å². The van der Waals surface area contributed by atoms with Gasteiger partial charge in [0.1, 0.15) is 18.0 Å². The maximum Gasteiger partial charge on any atom is 0.421 e. The van der Waals surface area contributed by atoms with Crippen LogP contribution in [0.1, 0.15) is 24.0 Å². The fraction of sp³-hybridized carbons (Fsp3) is 0.364. The Labute approximate surface area is 194 Å². The second-order valence-electron chi connectivity index (χ2n) is 7.80. The first-order valence-electron chi connectivity index (χ1n) is 10.5. The lowest BCUT2D eigenvalue weighted by molar-refractivity contribution is -0.137. The summed E-state index contributed by atoms with van der Waals surface area (Å²) in [7, 11) is 0. The predicted molar refractivity (Wildman–Crippen MR) is 121 cm³/mol. The summed E-state index contributed by atoms with van der Waals surface area (Å²) in [5.41, 5.74) is 0.163. The molecule has 2 heterocycles. The molecule has 0 aliphatic carbocycles. The minimum Gasteiger partial charge on any atom is -0.387 e. The van der Waals surface area contributed by atoms with Crippen LogP contribution in [-0.2, 0) is 15.8 Å². The fourth-order valence-corrected chi connectivity index (χ4v) is 3.54. The Morgan fingerprint density at radius 1 is 1.32 bits per heavy atom. The van der Waals surface area contributed by atoms with Crippen LogP contribution < -0.4 is 16.0 Å². The molecule has 0 spiro atoms. The third-order valence-corrected chi connectivity index (χ3v) is 5.21. The molecule has 2 amide bonds. The van der Waals surface area contributed by atoms with Crippen molar-refractivity contribution in [3.8, 4) is 0 Å². The van der Waals surface area contributed by atoms with Gasteiger partial charge in [-0.1, -0.05) is 12.6 Å². The molecular weight excluding hydrogens is 453 g/mol. The largest absolute Gasteiger partial charge is 0.421 e. The zero-order valence-electron chi connectivity index (χ0n) is 18.4. The molecule has 34 heavy (non-hydrogen) atoms. The molecule has 1 fully saturated rings. The highest BCUT2D eigenvalue weighted by molar-refractivity contribution is 6.01. The smallest absolute Gasteiger partial charge is 0.387 e. The topological polar surface area (TPSA) is 119 Å². The number of aryl methyl sites for hydroxylation is 1. The summed E-state index contributed by atoms with van der Waals surface area (Å²) in [4.78, 5) is 32.9. The first-order chi connectivity index (χ1) is 16.1. The van der Waals surface area contributed by atoms with E-state index in [9.17, 15) is 22.8 Å². The number of halogens is 3. The van der Waals surface area contributed by atoms with Crippen molar-refractivity contribution in [3.63, 3.8) is 0 Å². The van der Waals surface area contributed by atoms with Crippen LogP contribution in [0.4, 0.5) is 36.3 Å². The summed E-state index contributed by atoms with van der Waals surface area (Å²) < 4.78 is 41.0. The van der Waals surface area contributed by atoms with E-state index in [1.54, 1.807) is 19.1 Å². The number of hydrogen-bond acceptors (Lipinski definition) is 7. The summed E-state index contributed by atoms with van der Waals surface area (Å²) in [6, 6.07) is 4.51. The number of amides is 2. The van der Waals surface area contributed by atoms with Crippen LogP contribution in [0.15, 0.2) is 37.1 Å². The number of carbonyl (C=O) groups excluding carboxylic acids is 2. The van der Waals surface area contributed by atoms with Gasteiger partial charge in [-0.15, -0.1) is 0 Å². The Bertz CT molecular complexity index is 1080. The molecule has 1 aromatic carbocycles. The van der Waals surface area contributed by atoms with Gasteiger partial charge in [-0.05, 0) is 43.5 Å². The third-order valence-electron chi connectivity index (χ3n) is 5.21. The van der Waals surface area contributed by atoms with E-state index >= 15 is 0 Å². The van der Waals surface area contributed by atoms with Gasteiger partial charge >= 0.3 is 6.18 Å². The number of hydrogen-bond donors (Lipinski definition) is 4. The van der Waals surface area contributed by atoms with Gasteiger partial charge in [0, 0.05) is 25.3 Å². The summed E-state index contributed by atoms with van der Waals surface area (Å²) in [5.74, 6) is -1.49. The van der Waals surface area contributed by atoms with Crippen molar-refractivity contribution in [1.29, 1.82) is 0 Å². The number of likely N-dealkylation sites (tertiary alicyclic amines) is 1. The molecule has 3 rings (SSSR count). The Balaban J connectivity index is 1.90. The van der Waals surface area contributed by atoms with Gasteiger partial charge in [0.15, 0.2) is 0 Å². The van der Waals surface area contributed by atoms with Crippen molar-refractivity contribution in [3.05, 3.63) is 48.2 Å². The summed E-state index contributed by atoms with van der Waals surface area (Å²) in [6.07, 6.45) is -1.70. The van der Waals surface area contributed by atoms with E-state index in [-0.39, 0.29) is 29.9 Å². The number of nitrogens with zero attached hydrogens (tertiary/aromatic N) is 3. The molecule has 12 heteroatoms. The van der Waals surface area contributed by atoms with Gasteiger partial charge in [0.05, 0.1) is 11.4 Å². The standard InChI is InChI=1S/C22H25F3N6O3/c1-3-18(33)28-17-9-13(2)6-7-16(17)29-20-15(22(23,24)25)10-26-21(30-20)27-14-5-4-8-31(11-14)19(34)12-32/h3,6-7,9-10,14,32H,1,4-5,8,11-12H2,2H3,(H,28,33)(H2,26,27,29,30)/t14-/m0/s1. The highest BCUT2D eigenvalue weighted by atomic mass is 19.4. The number of piperidine rings is 1. The quantitative estimate of drug-likeness (QED) is 0.452. The maximum atomic E-state index is 13.7. The van der Waals surface area contributed by atoms with Crippen molar-refractivity contribution in [1.82, 2.24) is 14.9 Å². The van der Waals surface area contributed by atoms with E-state index in [0.29, 0.717) is 25.6 Å². The number of anilines is 4. The number of carbonyl (C=O) groups is 2. The summed E-state index contributed by atoms with van der Waals surface area (Å²) >= 11 is 0. The van der Waals surface area contributed by atoms with E-state index in [0.717, 1.165) is 11.6 Å². The van der Waals surface area contributed by atoms with Crippen molar-refractivity contribution in [2.45, 2.75) is 32.0 Å². The molecule has 0 unspecified atom stereocenters. The van der Waals surface area contributed by atoms with Crippen LogP contribution in [0.25, 0.3) is 0 Å². The highest BCUT2D eigenvalue weighted by Gasteiger charge is 2.36. The zero-order chi connectivity index (χ0) is 24.9. The van der Waals surface area contributed by atoms with Gasteiger partial charge in [-0.3, -0.25) is 9.59 Å². The number of alkyl halides is 3. The van der Waals surface area contributed by atoms with Crippen molar-refractivity contribution in [2.24, 2.45) is 0 Å². The minimum atomic E-state index is -4.73. The lowest BCUT2D eigenvalue weighted by Gasteiger charge is -2.32. The van der Waals surface area contributed by atoms with Crippen LogP contribution in [0.5, 0.6) is 0 Å². The fourth-order valence-electron chi connectivity index (χ4n) is 3.54. The molecular formula is C22H25F3N6O3. The number of aliphatic hydroxyl groups is 1. The Morgan fingerprint density at radius 2 is 2.09 bits per heavy atom.